The van der Waals surface area contributed by atoms with Gasteiger partial charge >= 0.3 is 0 Å². The second kappa shape index (κ2) is 7.12. The highest BCUT2D eigenvalue weighted by atomic mass is 32.2. The van der Waals surface area contributed by atoms with Crippen LogP contribution in [0.3, 0.4) is 0 Å². The fourth-order valence-corrected chi connectivity index (χ4v) is 5.47. The standard InChI is InChI=1S/C19H19N5OS2/c20-19-15-7-6-14(24(15)22-11-21-19)16-8-5-12(25-16)9-23-27-18-10-26-17-4-2-1-3-13(17)18/h1-4,6-7,10-12,16,23H,5,8-9H2,(H2,20,21,22)/t12?,16-/m1/s1. The molecule has 138 valence electrons. The highest BCUT2D eigenvalue weighted by Crippen LogP contribution is 2.35. The SMILES string of the molecule is Nc1ncnn2c([C@H]3CCC(CNSc4csc5ccccc45)O3)ccc12. The van der Waals surface area contributed by atoms with Gasteiger partial charge in [0.25, 0.3) is 0 Å². The maximum Gasteiger partial charge on any atom is 0.151 e. The molecule has 0 radical (unpaired) electrons. The van der Waals surface area contributed by atoms with Gasteiger partial charge < -0.3 is 10.5 Å². The third-order valence-electron chi connectivity index (χ3n) is 4.89. The normalized spacial score (nSPS) is 20.0. The Bertz CT molecular complexity index is 1090. The van der Waals surface area contributed by atoms with Gasteiger partial charge in [-0.2, -0.15) is 5.10 Å². The lowest BCUT2D eigenvalue weighted by Gasteiger charge is -2.14. The molecular formula is C19H19N5OS2. The van der Waals surface area contributed by atoms with Gasteiger partial charge in [0.15, 0.2) is 5.82 Å². The average molecular weight is 398 g/mol. The minimum absolute atomic E-state index is 0.0422. The second-order valence-electron chi connectivity index (χ2n) is 6.57. The van der Waals surface area contributed by atoms with E-state index >= 15 is 0 Å². The molecule has 1 aliphatic rings. The Labute approximate surface area is 164 Å². The Balaban J connectivity index is 1.22. The van der Waals surface area contributed by atoms with Gasteiger partial charge in [-0.15, -0.1) is 11.3 Å². The number of rotatable bonds is 5. The van der Waals surface area contributed by atoms with Crippen molar-refractivity contribution in [2.24, 2.45) is 0 Å². The summed E-state index contributed by atoms with van der Waals surface area (Å²) in [5.41, 5.74) is 7.79. The summed E-state index contributed by atoms with van der Waals surface area (Å²) in [6.45, 7) is 0.811. The minimum Gasteiger partial charge on any atom is -0.382 e. The number of fused-ring (bicyclic) bond motifs is 2. The molecule has 1 fully saturated rings. The van der Waals surface area contributed by atoms with E-state index in [1.54, 1.807) is 23.3 Å². The van der Waals surface area contributed by atoms with E-state index in [0.29, 0.717) is 5.82 Å². The fraction of sp³-hybridized carbons (Fsp3) is 0.263. The summed E-state index contributed by atoms with van der Waals surface area (Å²) in [4.78, 5) is 5.31. The Morgan fingerprint density at radius 2 is 2.19 bits per heavy atom. The van der Waals surface area contributed by atoms with E-state index in [1.165, 1.54) is 21.3 Å². The first-order valence-corrected chi connectivity index (χ1v) is 10.6. The smallest absolute Gasteiger partial charge is 0.151 e. The molecule has 0 saturated carbocycles. The molecule has 3 aromatic heterocycles. The van der Waals surface area contributed by atoms with Crippen molar-refractivity contribution in [1.82, 2.24) is 19.3 Å². The maximum absolute atomic E-state index is 6.27. The minimum atomic E-state index is 0.0422. The van der Waals surface area contributed by atoms with Crippen molar-refractivity contribution >= 4 is 44.7 Å². The molecule has 2 atom stereocenters. The first-order chi connectivity index (χ1) is 13.3. The van der Waals surface area contributed by atoms with Crippen LogP contribution in [0, 0.1) is 0 Å². The van der Waals surface area contributed by atoms with E-state index < -0.39 is 0 Å². The molecule has 8 heteroatoms. The van der Waals surface area contributed by atoms with Crippen LogP contribution in [0.4, 0.5) is 5.82 Å². The third-order valence-corrected chi connectivity index (χ3v) is 6.87. The van der Waals surface area contributed by atoms with Crippen molar-refractivity contribution in [1.29, 1.82) is 0 Å². The average Bonchev–Trinajstić information content (AvgIpc) is 3.40. The lowest BCUT2D eigenvalue weighted by molar-refractivity contribution is 0.0448. The van der Waals surface area contributed by atoms with Crippen LogP contribution in [-0.2, 0) is 4.74 Å². The first-order valence-electron chi connectivity index (χ1n) is 8.89. The van der Waals surface area contributed by atoms with E-state index in [-0.39, 0.29) is 12.2 Å². The van der Waals surface area contributed by atoms with E-state index in [2.05, 4.69) is 44.5 Å². The topological polar surface area (TPSA) is 77.5 Å². The van der Waals surface area contributed by atoms with E-state index in [1.807, 2.05) is 16.6 Å². The Morgan fingerprint density at radius 3 is 3.15 bits per heavy atom. The molecule has 4 heterocycles. The van der Waals surface area contributed by atoms with Gasteiger partial charge in [-0.05, 0) is 43.0 Å². The van der Waals surface area contributed by atoms with Crippen LogP contribution in [0.15, 0.2) is 53.0 Å². The molecule has 0 spiro atoms. The lowest BCUT2D eigenvalue weighted by Crippen LogP contribution is -2.21. The zero-order valence-electron chi connectivity index (χ0n) is 14.5. The fourth-order valence-electron chi connectivity index (χ4n) is 3.54. The lowest BCUT2D eigenvalue weighted by atomic mass is 10.1. The van der Waals surface area contributed by atoms with Crippen LogP contribution in [0.5, 0.6) is 0 Å². The largest absolute Gasteiger partial charge is 0.382 e. The number of aromatic nitrogens is 3. The van der Waals surface area contributed by atoms with Crippen molar-refractivity contribution in [2.45, 2.75) is 29.9 Å². The summed E-state index contributed by atoms with van der Waals surface area (Å²) in [6.07, 6.45) is 3.73. The third kappa shape index (κ3) is 3.19. The zero-order chi connectivity index (χ0) is 18.2. The number of nitrogens with zero attached hydrogens (tertiary/aromatic N) is 3. The summed E-state index contributed by atoms with van der Waals surface area (Å²) in [5, 5.41) is 7.84. The van der Waals surface area contributed by atoms with Gasteiger partial charge in [-0.3, -0.25) is 4.72 Å². The van der Waals surface area contributed by atoms with Crippen molar-refractivity contribution in [3.63, 3.8) is 0 Å². The number of benzene rings is 1. The maximum atomic E-state index is 6.27. The number of hydrogen-bond donors (Lipinski definition) is 2. The number of ether oxygens (including phenoxy) is 1. The van der Waals surface area contributed by atoms with Crippen LogP contribution in [0.2, 0.25) is 0 Å². The number of thiophene rings is 1. The number of nitrogen functional groups attached to an aromatic ring is 1. The Morgan fingerprint density at radius 1 is 1.26 bits per heavy atom. The highest BCUT2D eigenvalue weighted by molar-refractivity contribution is 7.97. The number of nitrogens with one attached hydrogen (secondary N) is 1. The van der Waals surface area contributed by atoms with Crippen LogP contribution in [0.1, 0.15) is 24.6 Å². The van der Waals surface area contributed by atoms with Crippen molar-refractivity contribution in [2.75, 3.05) is 12.3 Å². The molecule has 4 aromatic rings. The predicted octanol–water partition coefficient (Wildman–Crippen LogP) is 4.04. The van der Waals surface area contributed by atoms with Crippen LogP contribution < -0.4 is 10.5 Å². The molecule has 0 amide bonds. The summed E-state index contributed by atoms with van der Waals surface area (Å²) in [5.74, 6) is 0.492. The molecule has 6 nitrogen and oxygen atoms in total. The monoisotopic (exact) mass is 397 g/mol. The zero-order valence-corrected chi connectivity index (χ0v) is 16.2. The molecule has 5 rings (SSSR count). The summed E-state index contributed by atoms with van der Waals surface area (Å²) in [6, 6.07) is 12.5. The van der Waals surface area contributed by atoms with Gasteiger partial charge in [0.1, 0.15) is 17.9 Å². The second-order valence-corrected chi connectivity index (χ2v) is 8.42. The summed E-state index contributed by atoms with van der Waals surface area (Å²) < 4.78 is 12.9. The molecule has 0 bridgehead atoms. The van der Waals surface area contributed by atoms with Crippen LogP contribution in [0.25, 0.3) is 15.6 Å². The molecule has 1 saturated heterocycles. The van der Waals surface area contributed by atoms with Gasteiger partial charge in [-0.1, -0.05) is 18.2 Å². The van der Waals surface area contributed by atoms with Crippen LogP contribution in [-0.4, -0.2) is 27.2 Å². The number of anilines is 1. The van der Waals surface area contributed by atoms with E-state index in [9.17, 15) is 0 Å². The highest BCUT2D eigenvalue weighted by Gasteiger charge is 2.28. The molecule has 0 aliphatic carbocycles. The van der Waals surface area contributed by atoms with Crippen LogP contribution >= 0.6 is 23.3 Å². The quantitative estimate of drug-likeness (QED) is 0.495. The molecule has 1 unspecified atom stereocenters. The summed E-state index contributed by atoms with van der Waals surface area (Å²) >= 11 is 3.47. The number of nitrogens with two attached hydrogens (primary N) is 1. The number of hydrogen-bond acceptors (Lipinski definition) is 7. The van der Waals surface area contributed by atoms with Crippen molar-refractivity contribution in [3.8, 4) is 0 Å². The molecule has 3 N–H and O–H groups in total. The molecular weight excluding hydrogens is 378 g/mol. The molecule has 1 aromatic carbocycles. The van der Waals surface area contributed by atoms with E-state index in [4.69, 9.17) is 10.5 Å². The van der Waals surface area contributed by atoms with Gasteiger partial charge in [0, 0.05) is 26.9 Å². The predicted molar refractivity (Wildman–Crippen MR) is 110 cm³/mol. The van der Waals surface area contributed by atoms with Crippen molar-refractivity contribution < 1.29 is 4.74 Å². The molecule has 27 heavy (non-hydrogen) atoms. The first kappa shape index (κ1) is 17.0. The molecule has 1 aliphatic heterocycles. The van der Waals surface area contributed by atoms with Gasteiger partial charge in [0.2, 0.25) is 0 Å². The van der Waals surface area contributed by atoms with E-state index in [0.717, 1.165) is 30.6 Å². The summed E-state index contributed by atoms with van der Waals surface area (Å²) in [7, 11) is 0. The Hall–Kier alpha value is -2.13. The van der Waals surface area contributed by atoms with Gasteiger partial charge in [-0.25, -0.2) is 9.50 Å². The Kier molecular flexibility index (Phi) is 4.48. The van der Waals surface area contributed by atoms with Crippen molar-refractivity contribution in [3.05, 3.63) is 53.8 Å². The van der Waals surface area contributed by atoms with Gasteiger partial charge in [0.05, 0.1) is 11.8 Å².